The largest absolute Gasteiger partial charge is 0.480 e. The normalized spacial score (nSPS) is 8.56. The Kier molecular flexibility index (Phi) is 38.5. The van der Waals surface area contributed by atoms with Gasteiger partial charge in [-0.1, -0.05) is 6.92 Å². The molecule has 0 radical (unpaired) electrons. The highest BCUT2D eigenvalue weighted by Crippen LogP contribution is 2.40. The third kappa shape index (κ3) is 47.6. The van der Waals surface area contributed by atoms with Crippen LogP contribution in [0.1, 0.15) is 13.3 Å². The van der Waals surface area contributed by atoms with Crippen LogP contribution in [0.15, 0.2) is 0 Å². The summed E-state index contributed by atoms with van der Waals surface area (Å²) in [5, 5.41) is 0. The Morgan fingerprint density at radius 2 is 1.56 bits per heavy atom. The third-order valence-corrected chi connectivity index (χ3v) is 2.11. The topological polar surface area (TPSA) is 213 Å². The summed E-state index contributed by atoms with van der Waals surface area (Å²) in [6, 6.07) is 0. The molecule has 0 aliphatic rings. The summed E-state index contributed by atoms with van der Waals surface area (Å²) in [6.45, 7) is 3.17. The van der Waals surface area contributed by atoms with Crippen LogP contribution in [0.25, 0.3) is 0 Å². The van der Waals surface area contributed by atoms with Gasteiger partial charge in [-0.05, 0) is 19.5 Å². The molecule has 0 aliphatic carbocycles. The average Bonchev–Trinajstić information content (AvgIpc) is 2.02. The number of nitrogens with two attached hydrogens (primary N) is 2. The van der Waals surface area contributed by atoms with E-state index in [9.17, 15) is 4.57 Å². The lowest BCUT2D eigenvalue weighted by atomic mass is 10.4. The zero-order valence-electron chi connectivity index (χ0n) is 9.05. The molecule has 0 amide bonds. The summed E-state index contributed by atoms with van der Waals surface area (Å²) in [4.78, 5) is 16.0. The van der Waals surface area contributed by atoms with Crippen LogP contribution < -0.4 is 11.5 Å². The van der Waals surface area contributed by atoms with Crippen molar-refractivity contribution in [2.24, 2.45) is 11.5 Å². The monoisotopic (exact) mass is 286 g/mol. The molecule has 0 aromatic carbocycles. The highest BCUT2D eigenvalue weighted by atomic mass is 32.2. The van der Waals surface area contributed by atoms with Crippen molar-refractivity contribution in [2.75, 3.05) is 18.8 Å². The molecule has 0 aromatic heterocycles. The number of rotatable bonds is 5. The minimum absolute atomic E-state index is 0. The van der Waals surface area contributed by atoms with Crippen LogP contribution in [0.3, 0.4) is 0 Å². The van der Waals surface area contributed by atoms with Crippen molar-refractivity contribution in [3.8, 4) is 0 Å². The van der Waals surface area contributed by atoms with Crippen molar-refractivity contribution in [1.82, 2.24) is 0 Å². The maximum Gasteiger partial charge on any atom is 0.480 e. The summed E-state index contributed by atoms with van der Waals surface area (Å²) < 4.78 is 13.8. The van der Waals surface area contributed by atoms with E-state index in [1.54, 1.807) is 6.92 Å². The fourth-order valence-electron chi connectivity index (χ4n) is 0.239. The Bertz CT molecular complexity index is 145. The Labute approximate surface area is 98.9 Å². The lowest BCUT2D eigenvalue weighted by Crippen LogP contribution is -2.06. The quantitative estimate of drug-likeness (QED) is 0.316. The molecule has 0 bridgehead atoms. The summed E-state index contributed by atoms with van der Waals surface area (Å²) in [6.07, 6.45) is 0.944. The lowest BCUT2D eigenvalue weighted by molar-refractivity contribution is 0.298. The molecule has 11 heteroatoms. The van der Waals surface area contributed by atoms with Crippen molar-refractivity contribution in [1.29, 1.82) is 0 Å². The molecule has 0 fully saturated rings. The molecule has 0 heterocycles. The van der Waals surface area contributed by atoms with Crippen LogP contribution in [0.2, 0.25) is 0 Å². The molecular formula is C5H23N2O7PS. The van der Waals surface area contributed by atoms with Gasteiger partial charge in [-0.15, -0.1) is 0 Å². The summed E-state index contributed by atoms with van der Waals surface area (Å²) >= 11 is 0.752. The van der Waals surface area contributed by atoms with E-state index >= 15 is 0 Å². The second-order valence-corrected chi connectivity index (χ2v) is 4.29. The van der Waals surface area contributed by atoms with E-state index in [4.69, 9.17) is 21.3 Å². The van der Waals surface area contributed by atoms with Crippen LogP contribution in [0.5, 0.6) is 0 Å². The van der Waals surface area contributed by atoms with Crippen LogP contribution in [0, 0.1) is 0 Å². The maximum absolute atomic E-state index is 9.84. The van der Waals surface area contributed by atoms with E-state index in [1.807, 2.05) is 0 Å². The van der Waals surface area contributed by atoms with Crippen LogP contribution in [-0.4, -0.2) is 45.1 Å². The Morgan fingerprint density at radius 1 is 1.19 bits per heavy atom. The highest BCUT2D eigenvalue weighted by molar-refractivity contribution is 7.97. The molecule has 0 aromatic rings. The SMILES string of the molecule is CCSOP(=O)(O)O.NCCCN.O.O.O. The Morgan fingerprint density at radius 3 is 1.62 bits per heavy atom. The van der Waals surface area contributed by atoms with Gasteiger partial charge in [0, 0.05) is 17.8 Å². The van der Waals surface area contributed by atoms with E-state index in [2.05, 4.69) is 3.97 Å². The van der Waals surface area contributed by atoms with Gasteiger partial charge in [-0.25, -0.2) is 8.54 Å². The van der Waals surface area contributed by atoms with Gasteiger partial charge in [-0.2, -0.15) is 0 Å². The predicted octanol–water partition coefficient (Wildman–Crippen LogP) is -2.42. The highest BCUT2D eigenvalue weighted by Gasteiger charge is 2.12. The Balaban J connectivity index is -0.0000000454. The molecule has 0 atom stereocenters. The first-order chi connectivity index (χ1) is 5.97. The molecule has 12 N–H and O–H groups in total. The molecule has 9 nitrogen and oxygen atoms in total. The van der Waals surface area contributed by atoms with Gasteiger partial charge in [-0.3, -0.25) is 0 Å². The van der Waals surface area contributed by atoms with E-state index < -0.39 is 7.82 Å². The molecule has 0 saturated carbocycles. The number of hydrogen-bond donors (Lipinski definition) is 4. The molecule has 0 spiro atoms. The summed E-state index contributed by atoms with van der Waals surface area (Å²) in [5.74, 6) is 0.533. The molecule has 0 unspecified atom stereocenters. The second kappa shape index (κ2) is 20.6. The van der Waals surface area contributed by atoms with Crippen molar-refractivity contribution in [2.45, 2.75) is 13.3 Å². The molecule has 0 aliphatic heterocycles. The maximum atomic E-state index is 9.84. The van der Waals surface area contributed by atoms with Crippen LogP contribution in [-0.2, 0) is 8.54 Å². The smallest absolute Gasteiger partial charge is 0.412 e. The van der Waals surface area contributed by atoms with Gasteiger partial charge in [0.2, 0.25) is 0 Å². The van der Waals surface area contributed by atoms with Crippen molar-refractivity contribution in [3.05, 3.63) is 0 Å². The van der Waals surface area contributed by atoms with E-state index in [-0.39, 0.29) is 16.4 Å². The lowest BCUT2D eigenvalue weighted by Gasteiger charge is -1.98. The minimum Gasteiger partial charge on any atom is -0.412 e. The molecule has 0 rings (SSSR count). The van der Waals surface area contributed by atoms with Gasteiger partial charge in [0.1, 0.15) is 0 Å². The number of hydrogen-bond acceptors (Lipinski definition) is 5. The van der Waals surface area contributed by atoms with Crippen molar-refractivity contribution >= 4 is 19.9 Å². The van der Waals surface area contributed by atoms with Gasteiger partial charge in [0.15, 0.2) is 0 Å². The zero-order valence-corrected chi connectivity index (χ0v) is 10.8. The standard InChI is InChI=1S/C3H10N2.C2H7O4PS.3H2O/c4-2-1-3-5;1-2-8-6-7(3,4)5;;;/h1-5H2;2H2,1H3,(H2,3,4,5);3*1H2. The minimum atomic E-state index is -4.22. The molecular weight excluding hydrogens is 263 g/mol. The van der Waals surface area contributed by atoms with Gasteiger partial charge >= 0.3 is 7.82 Å². The fourth-order valence-corrected chi connectivity index (χ4v) is 1.21. The number of phosphoric acid groups is 1. The third-order valence-electron chi connectivity index (χ3n) is 0.676. The second-order valence-electron chi connectivity index (χ2n) is 1.90. The fraction of sp³-hybridized carbons (Fsp3) is 1.00. The van der Waals surface area contributed by atoms with E-state index in [0.717, 1.165) is 31.6 Å². The predicted molar refractivity (Wildman–Crippen MR) is 64.8 cm³/mol. The van der Waals surface area contributed by atoms with Crippen molar-refractivity contribution < 1.29 is 34.8 Å². The summed E-state index contributed by atoms with van der Waals surface area (Å²) in [7, 11) is -4.22. The molecule has 106 valence electrons. The zero-order chi connectivity index (χ0) is 10.7. The van der Waals surface area contributed by atoms with Crippen LogP contribution >= 0.6 is 19.9 Å². The first kappa shape index (κ1) is 29.9. The molecule has 0 saturated heterocycles. The molecule has 16 heavy (non-hydrogen) atoms. The first-order valence-corrected chi connectivity index (χ1v) is 6.19. The van der Waals surface area contributed by atoms with E-state index in [1.165, 1.54) is 0 Å². The van der Waals surface area contributed by atoms with Gasteiger partial charge < -0.3 is 37.7 Å². The van der Waals surface area contributed by atoms with Gasteiger partial charge in [0.25, 0.3) is 0 Å². The van der Waals surface area contributed by atoms with Gasteiger partial charge in [0.05, 0.1) is 0 Å². The van der Waals surface area contributed by atoms with Crippen molar-refractivity contribution in [3.63, 3.8) is 0 Å². The van der Waals surface area contributed by atoms with E-state index in [0.29, 0.717) is 5.75 Å². The first-order valence-electron chi connectivity index (χ1n) is 3.74. The summed E-state index contributed by atoms with van der Waals surface area (Å²) in [5.41, 5.74) is 10.1. The Hall–Kier alpha value is 0.260. The van der Waals surface area contributed by atoms with Crippen LogP contribution in [0.4, 0.5) is 0 Å². The average molecular weight is 286 g/mol.